The quantitative estimate of drug-likeness (QED) is 0.742. The van der Waals surface area contributed by atoms with Crippen molar-refractivity contribution in [2.75, 3.05) is 5.73 Å². The van der Waals surface area contributed by atoms with Gasteiger partial charge in [0.2, 0.25) is 0 Å². The van der Waals surface area contributed by atoms with Crippen molar-refractivity contribution in [3.05, 3.63) is 46.5 Å². The van der Waals surface area contributed by atoms with E-state index in [2.05, 4.69) is 10.3 Å². The van der Waals surface area contributed by atoms with Crippen LogP contribution in [-0.2, 0) is 13.5 Å². The van der Waals surface area contributed by atoms with Crippen LogP contribution in [0.1, 0.15) is 19.4 Å². The summed E-state index contributed by atoms with van der Waals surface area (Å²) in [6.07, 6.45) is 2.32. The summed E-state index contributed by atoms with van der Waals surface area (Å²) >= 11 is 0. The molecular weight excluding hydrogens is 296 g/mol. The van der Waals surface area contributed by atoms with E-state index in [0.717, 1.165) is 11.1 Å². The molecule has 0 saturated carbocycles. The zero-order chi connectivity index (χ0) is 17.2. The van der Waals surface area contributed by atoms with Gasteiger partial charge < -0.3 is 20.7 Å². The number of aryl methyl sites for hydroxylation is 1. The highest BCUT2D eigenvalue weighted by Gasteiger charge is 2.21. The molecule has 2 rings (SSSR count). The third-order valence-electron chi connectivity index (χ3n) is 3.46. The number of carboxylic acid groups (broad SMARTS) is 1. The average Bonchev–Trinajstić information content (AvgIpc) is 2.40. The first-order valence-electron chi connectivity index (χ1n) is 7.10. The molecule has 2 aromatic rings. The third kappa shape index (κ3) is 4.09. The first-order valence-corrected chi connectivity index (χ1v) is 7.10. The lowest BCUT2D eigenvalue weighted by atomic mass is 9.93. The molecule has 7 heteroatoms. The molecule has 122 valence electrons. The molecule has 4 N–H and O–H groups in total. The maximum atomic E-state index is 11.4. The number of benzene rings is 1. The summed E-state index contributed by atoms with van der Waals surface area (Å²) in [5, 5.41) is 11.3. The maximum Gasteiger partial charge on any atom is 0.405 e. The summed E-state index contributed by atoms with van der Waals surface area (Å²) in [4.78, 5) is 26.3. The van der Waals surface area contributed by atoms with Crippen molar-refractivity contribution in [2.24, 2.45) is 7.05 Å². The van der Waals surface area contributed by atoms with Gasteiger partial charge in [-0.1, -0.05) is 12.1 Å². The molecule has 0 bridgehead atoms. The Morgan fingerprint density at radius 3 is 2.70 bits per heavy atom. The average molecular weight is 316 g/mol. The summed E-state index contributed by atoms with van der Waals surface area (Å²) in [6.45, 7) is 3.61. The standard InChI is InChI=1S/C16H20N4O3/c1-16(2,19-15(22)23)7-10-4-5-11(12(17)6-10)13-9-20(3)14(21)8-18-13/h4-6,8-9,19H,7,17H2,1-3H3,(H,22,23). The normalized spacial score (nSPS) is 11.3. The zero-order valence-corrected chi connectivity index (χ0v) is 13.3. The van der Waals surface area contributed by atoms with Crippen molar-refractivity contribution >= 4 is 11.8 Å². The summed E-state index contributed by atoms with van der Waals surface area (Å²) in [5.41, 5.74) is 8.09. The highest BCUT2D eigenvalue weighted by Crippen LogP contribution is 2.26. The summed E-state index contributed by atoms with van der Waals surface area (Å²) in [5.74, 6) is 0. The van der Waals surface area contributed by atoms with Crippen LogP contribution in [0, 0.1) is 0 Å². The number of rotatable bonds is 4. The molecule has 0 aliphatic heterocycles. The molecule has 0 aliphatic rings. The Labute approximate surface area is 133 Å². The van der Waals surface area contributed by atoms with Gasteiger partial charge in [0.15, 0.2) is 0 Å². The van der Waals surface area contributed by atoms with Gasteiger partial charge in [0.1, 0.15) is 0 Å². The molecule has 1 aromatic heterocycles. The van der Waals surface area contributed by atoms with E-state index in [1.54, 1.807) is 33.2 Å². The third-order valence-corrected chi connectivity index (χ3v) is 3.46. The number of nitrogens with one attached hydrogen (secondary N) is 1. The predicted molar refractivity (Wildman–Crippen MR) is 88.3 cm³/mol. The molecule has 1 amide bonds. The van der Waals surface area contributed by atoms with E-state index in [-0.39, 0.29) is 5.56 Å². The van der Waals surface area contributed by atoms with Crippen LogP contribution in [0.15, 0.2) is 35.4 Å². The van der Waals surface area contributed by atoms with Crippen LogP contribution in [0.25, 0.3) is 11.3 Å². The SMILES string of the molecule is Cn1cc(-c2ccc(CC(C)(C)NC(=O)O)cc2N)ncc1=O. The molecule has 1 heterocycles. The Balaban J connectivity index is 2.29. The number of hydrogen-bond donors (Lipinski definition) is 3. The van der Waals surface area contributed by atoms with Gasteiger partial charge in [0, 0.05) is 30.0 Å². The van der Waals surface area contributed by atoms with E-state index in [4.69, 9.17) is 10.8 Å². The second-order valence-electron chi connectivity index (χ2n) is 6.13. The van der Waals surface area contributed by atoms with Gasteiger partial charge in [0.05, 0.1) is 11.9 Å². The largest absolute Gasteiger partial charge is 0.465 e. The second-order valence-corrected chi connectivity index (χ2v) is 6.13. The molecule has 0 fully saturated rings. The predicted octanol–water partition coefficient (Wildman–Crippen LogP) is 1.62. The Morgan fingerprint density at radius 2 is 2.13 bits per heavy atom. The van der Waals surface area contributed by atoms with Crippen molar-refractivity contribution in [1.29, 1.82) is 0 Å². The monoisotopic (exact) mass is 316 g/mol. The molecule has 0 saturated heterocycles. The number of amides is 1. The molecular formula is C16H20N4O3. The van der Waals surface area contributed by atoms with Gasteiger partial charge >= 0.3 is 6.09 Å². The van der Waals surface area contributed by atoms with Crippen LogP contribution < -0.4 is 16.6 Å². The lowest BCUT2D eigenvalue weighted by Gasteiger charge is -2.25. The number of aromatic nitrogens is 2. The zero-order valence-electron chi connectivity index (χ0n) is 13.3. The molecule has 1 aromatic carbocycles. The smallest absolute Gasteiger partial charge is 0.405 e. The Kier molecular flexibility index (Phi) is 4.40. The van der Waals surface area contributed by atoms with Gasteiger partial charge in [-0.3, -0.25) is 4.79 Å². The van der Waals surface area contributed by atoms with Gasteiger partial charge in [-0.15, -0.1) is 0 Å². The molecule has 0 spiro atoms. The summed E-state index contributed by atoms with van der Waals surface area (Å²) in [7, 11) is 1.65. The van der Waals surface area contributed by atoms with E-state index in [1.807, 2.05) is 12.1 Å². The number of anilines is 1. The van der Waals surface area contributed by atoms with Crippen molar-refractivity contribution < 1.29 is 9.90 Å². The number of nitrogen functional groups attached to an aromatic ring is 1. The van der Waals surface area contributed by atoms with Gasteiger partial charge in [-0.25, -0.2) is 9.78 Å². The van der Waals surface area contributed by atoms with Crippen LogP contribution >= 0.6 is 0 Å². The van der Waals surface area contributed by atoms with E-state index in [9.17, 15) is 9.59 Å². The van der Waals surface area contributed by atoms with Crippen molar-refractivity contribution in [1.82, 2.24) is 14.9 Å². The first-order chi connectivity index (χ1) is 10.7. The molecule has 0 unspecified atom stereocenters. The Bertz CT molecular complexity index is 796. The van der Waals surface area contributed by atoms with E-state index >= 15 is 0 Å². The highest BCUT2D eigenvalue weighted by atomic mass is 16.4. The van der Waals surface area contributed by atoms with E-state index < -0.39 is 11.6 Å². The number of nitrogens with two attached hydrogens (primary N) is 1. The Morgan fingerprint density at radius 1 is 1.43 bits per heavy atom. The Hall–Kier alpha value is -2.83. The van der Waals surface area contributed by atoms with Crippen molar-refractivity contribution in [3.63, 3.8) is 0 Å². The van der Waals surface area contributed by atoms with Crippen LogP contribution in [-0.4, -0.2) is 26.3 Å². The minimum absolute atomic E-state index is 0.189. The van der Waals surface area contributed by atoms with Crippen molar-refractivity contribution in [3.8, 4) is 11.3 Å². The molecule has 0 aliphatic carbocycles. The minimum Gasteiger partial charge on any atom is -0.465 e. The fourth-order valence-corrected chi connectivity index (χ4v) is 2.43. The maximum absolute atomic E-state index is 11.4. The highest BCUT2D eigenvalue weighted by molar-refractivity contribution is 5.74. The van der Waals surface area contributed by atoms with Gasteiger partial charge in [-0.05, 0) is 31.9 Å². The van der Waals surface area contributed by atoms with Crippen LogP contribution in [0.5, 0.6) is 0 Å². The number of carbonyl (C=O) groups is 1. The van der Waals surface area contributed by atoms with Gasteiger partial charge in [-0.2, -0.15) is 0 Å². The molecule has 0 atom stereocenters. The molecule has 23 heavy (non-hydrogen) atoms. The van der Waals surface area contributed by atoms with Crippen LogP contribution in [0.3, 0.4) is 0 Å². The fourth-order valence-electron chi connectivity index (χ4n) is 2.43. The topological polar surface area (TPSA) is 110 Å². The van der Waals surface area contributed by atoms with Crippen molar-refractivity contribution in [2.45, 2.75) is 25.8 Å². The molecule has 7 nitrogen and oxygen atoms in total. The second kappa shape index (κ2) is 6.12. The number of nitrogens with zero attached hydrogens (tertiary/aromatic N) is 2. The minimum atomic E-state index is -1.06. The summed E-state index contributed by atoms with van der Waals surface area (Å²) in [6, 6.07) is 5.51. The van der Waals surface area contributed by atoms with Crippen LogP contribution in [0.2, 0.25) is 0 Å². The van der Waals surface area contributed by atoms with E-state index in [1.165, 1.54) is 10.8 Å². The first kappa shape index (κ1) is 16.5. The summed E-state index contributed by atoms with van der Waals surface area (Å²) < 4.78 is 1.44. The van der Waals surface area contributed by atoms with E-state index in [0.29, 0.717) is 17.8 Å². The van der Waals surface area contributed by atoms with Crippen LogP contribution in [0.4, 0.5) is 10.5 Å². The number of hydrogen-bond acceptors (Lipinski definition) is 4. The fraction of sp³-hybridized carbons (Fsp3) is 0.312. The van der Waals surface area contributed by atoms with Gasteiger partial charge in [0.25, 0.3) is 5.56 Å². The lowest BCUT2D eigenvalue weighted by molar-refractivity contribution is 0.182. The molecule has 0 radical (unpaired) electrons. The lowest BCUT2D eigenvalue weighted by Crippen LogP contribution is -2.44.